The molecular weight excluding hydrogens is 212 g/mol. The Kier molecular flexibility index (Phi) is 3.16. The fourth-order valence-electron chi connectivity index (χ4n) is 1.87. The van der Waals surface area contributed by atoms with Crippen LogP contribution in [0.1, 0.15) is 13.1 Å². The Morgan fingerprint density at radius 1 is 1.56 bits per heavy atom. The maximum Gasteiger partial charge on any atom is 0.435 e. The number of hydrogen-bond acceptors (Lipinski definition) is 5. The molecule has 88 valence electrons. The summed E-state index contributed by atoms with van der Waals surface area (Å²) in [5, 5.41) is 10.7. The van der Waals surface area contributed by atoms with E-state index in [4.69, 9.17) is 4.74 Å². The molecule has 1 fully saturated rings. The molecule has 0 radical (unpaired) electrons. The smallest absolute Gasteiger partial charge is 0.390 e. The summed E-state index contributed by atoms with van der Waals surface area (Å²) in [5.41, 5.74) is 0. The third kappa shape index (κ3) is 2.05. The van der Waals surface area contributed by atoms with Gasteiger partial charge in [-0.25, -0.2) is 4.57 Å². The summed E-state index contributed by atoms with van der Waals surface area (Å²) in [6, 6.07) is 0. The van der Waals surface area contributed by atoms with Gasteiger partial charge in [-0.3, -0.25) is 4.90 Å². The summed E-state index contributed by atoms with van der Waals surface area (Å²) in [4.78, 5) is 16.2. The zero-order chi connectivity index (χ0) is 11.5. The van der Waals surface area contributed by atoms with E-state index in [0.29, 0.717) is 13.2 Å². The molecule has 1 saturated heterocycles. The van der Waals surface area contributed by atoms with Crippen molar-refractivity contribution in [3.63, 3.8) is 0 Å². The van der Waals surface area contributed by atoms with Crippen molar-refractivity contribution in [2.75, 3.05) is 26.3 Å². The Balaban J connectivity index is 2.15. The van der Waals surface area contributed by atoms with Crippen LogP contribution >= 0.6 is 0 Å². The Morgan fingerprint density at radius 3 is 2.88 bits per heavy atom. The van der Waals surface area contributed by atoms with Crippen molar-refractivity contribution in [2.24, 2.45) is 0 Å². The van der Waals surface area contributed by atoms with E-state index >= 15 is 0 Å². The number of nitro groups is 1. The predicted molar refractivity (Wildman–Crippen MR) is 56.0 cm³/mol. The molecule has 0 aromatic carbocycles. The zero-order valence-electron chi connectivity index (χ0n) is 9.07. The van der Waals surface area contributed by atoms with Crippen LogP contribution in [-0.2, 0) is 4.74 Å². The quantitative estimate of drug-likeness (QED) is 0.558. The molecule has 0 spiro atoms. The second kappa shape index (κ2) is 4.58. The van der Waals surface area contributed by atoms with Crippen molar-refractivity contribution in [3.8, 4) is 0 Å². The monoisotopic (exact) mass is 226 g/mol. The van der Waals surface area contributed by atoms with E-state index in [1.807, 2.05) is 6.92 Å². The summed E-state index contributed by atoms with van der Waals surface area (Å²) in [6.45, 7) is 4.85. The number of aromatic nitrogens is 2. The highest BCUT2D eigenvalue weighted by Gasteiger charge is 2.25. The van der Waals surface area contributed by atoms with Gasteiger partial charge in [0, 0.05) is 13.1 Å². The Bertz CT molecular complexity index is 373. The average molecular weight is 226 g/mol. The van der Waals surface area contributed by atoms with Gasteiger partial charge in [0.2, 0.25) is 0 Å². The summed E-state index contributed by atoms with van der Waals surface area (Å²) in [7, 11) is 0. The minimum absolute atomic E-state index is 0.0631. The highest BCUT2D eigenvalue weighted by molar-refractivity contribution is 5.08. The van der Waals surface area contributed by atoms with Crippen LogP contribution in [-0.4, -0.2) is 45.7 Å². The zero-order valence-corrected chi connectivity index (χ0v) is 9.07. The molecule has 2 heterocycles. The third-order valence-electron chi connectivity index (χ3n) is 2.79. The standard InChI is InChI=1S/C9H14N4O3/c1-8(11-4-6-16-7-5-11)12-3-2-10-9(12)13(14)15/h2-3,8H,4-7H2,1H3. The van der Waals surface area contributed by atoms with Crippen molar-refractivity contribution < 1.29 is 9.66 Å². The molecule has 1 aromatic heterocycles. The third-order valence-corrected chi connectivity index (χ3v) is 2.79. The van der Waals surface area contributed by atoms with Gasteiger partial charge in [0.1, 0.15) is 18.6 Å². The number of nitrogens with zero attached hydrogens (tertiary/aromatic N) is 4. The van der Waals surface area contributed by atoms with E-state index in [1.54, 1.807) is 10.8 Å². The van der Waals surface area contributed by atoms with E-state index in [0.717, 1.165) is 13.1 Å². The number of rotatable bonds is 3. The molecule has 1 unspecified atom stereocenters. The van der Waals surface area contributed by atoms with Crippen LogP contribution in [0.3, 0.4) is 0 Å². The van der Waals surface area contributed by atoms with E-state index in [2.05, 4.69) is 9.88 Å². The van der Waals surface area contributed by atoms with Gasteiger partial charge < -0.3 is 14.9 Å². The summed E-state index contributed by atoms with van der Waals surface area (Å²) in [5.74, 6) is -0.112. The van der Waals surface area contributed by atoms with Crippen LogP contribution in [0.25, 0.3) is 0 Å². The lowest BCUT2D eigenvalue weighted by atomic mass is 10.3. The lowest BCUT2D eigenvalue weighted by Crippen LogP contribution is -2.40. The largest absolute Gasteiger partial charge is 0.435 e. The van der Waals surface area contributed by atoms with Crippen molar-refractivity contribution in [2.45, 2.75) is 13.1 Å². The molecule has 0 saturated carbocycles. The molecule has 7 nitrogen and oxygen atoms in total. The highest BCUT2D eigenvalue weighted by atomic mass is 16.6. The topological polar surface area (TPSA) is 73.4 Å². The van der Waals surface area contributed by atoms with E-state index < -0.39 is 4.92 Å². The first-order valence-corrected chi connectivity index (χ1v) is 5.19. The minimum atomic E-state index is -0.461. The number of hydrogen-bond donors (Lipinski definition) is 0. The van der Waals surface area contributed by atoms with Gasteiger partial charge >= 0.3 is 5.95 Å². The molecule has 2 rings (SSSR count). The van der Waals surface area contributed by atoms with Crippen LogP contribution < -0.4 is 0 Å². The number of imidazole rings is 1. The van der Waals surface area contributed by atoms with Gasteiger partial charge in [0.15, 0.2) is 0 Å². The molecule has 0 amide bonds. The number of morpholine rings is 1. The highest BCUT2D eigenvalue weighted by Crippen LogP contribution is 2.19. The number of ether oxygens (including phenoxy) is 1. The maximum atomic E-state index is 10.7. The van der Waals surface area contributed by atoms with E-state index in [-0.39, 0.29) is 12.1 Å². The molecule has 1 aromatic rings. The van der Waals surface area contributed by atoms with Crippen LogP contribution in [0.5, 0.6) is 0 Å². The first-order valence-electron chi connectivity index (χ1n) is 5.19. The molecule has 0 bridgehead atoms. The van der Waals surface area contributed by atoms with E-state index in [9.17, 15) is 10.1 Å². The van der Waals surface area contributed by atoms with Gasteiger partial charge in [0.05, 0.1) is 13.2 Å². The molecule has 1 atom stereocenters. The molecule has 1 aliphatic rings. The molecule has 1 aliphatic heterocycles. The normalized spacial score (nSPS) is 19.6. The molecular formula is C9H14N4O3. The van der Waals surface area contributed by atoms with Gasteiger partial charge in [-0.15, -0.1) is 0 Å². The lowest BCUT2D eigenvalue weighted by molar-refractivity contribution is -0.397. The fraction of sp³-hybridized carbons (Fsp3) is 0.667. The second-order valence-electron chi connectivity index (χ2n) is 3.67. The van der Waals surface area contributed by atoms with Crippen molar-refractivity contribution in [1.29, 1.82) is 0 Å². The summed E-state index contributed by atoms with van der Waals surface area (Å²) >= 11 is 0. The van der Waals surface area contributed by atoms with Crippen molar-refractivity contribution in [3.05, 3.63) is 22.5 Å². The van der Waals surface area contributed by atoms with Gasteiger partial charge in [-0.05, 0) is 11.8 Å². The lowest BCUT2D eigenvalue weighted by Gasteiger charge is -2.30. The minimum Gasteiger partial charge on any atom is -0.390 e. The molecule has 0 N–H and O–H groups in total. The fourth-order valence-corrected chi connectivity index (χ4v) is 1.87. The van der Waals surface area contributed by atoms with Crippen LogP contribution in [0, 0.1) is 10.1 Å². The summed E-state index contributed by atoms with van der Waals surface area (Å²) < 4.78 is 6.82. The molecule has 7 heteroatoms. The molecule has 16 heavy (non-hydrogen) atoms. The van der Waals surface area contributed by atoms with Crippen LogP contribution in [0.4, 0.5) is 5.95 Å². The van der Waals surface area contributed by atoms with Crippen molar-refractivity contribution >= 4 is 5.95 Å². The van der Waals surface area contributed by atoms with Gasteiger partial charge in [0.25, 0.3) is 0 Å². The molecule has 0 aliphatic carbocycles. The van der Waals surface area contributed by atoms with Crippen molar-refractivity contribution in [1.82, 2.24) is 14.5 Å². The SMILES string of the molecule is CC(N1CCOCC1)n1ccnc1[N+](=O)[O-]. The van der Waals surface area contributed by atoms with Crippen LogP contribution in [0.2, 0.25) is 0 Å². The first-order chi connectivity index (χ1) is 7.70. The second-order valence-corrected chi connectivity index (χ2v) is 3.67. The Hall–Kier alpha value is -1.47. The predicted octanol–water partition coefficient (Wildman–Crippen LogP) is 0.642. The Morgan fingerprint density at radius 2 is 2.25 bits per heavy atom. The average Bonchev–Trinajstić information content (AvgIpc) is 2.78. The van der Waals surface area contributed by atoms with Gasteiger partial charge in [-0.1, -0.05) is 4.98 Å². The summed E-state index contributed by atoms with van der Waals surface area (Å²) in [6.07, 6.45) is 3.03. The van der Waals surface area contributed by atoms with Gasteiger partial charge in [-0.2, -0.15) is 0 Å². The van der Waals surface area contributed by atoms with E-state index in [1.165, 1.54) is 6.20 Å². The Labute approximate surface area is 92.8 Å². The maximum absolute atomic E-state index is 10.7. The van der Waals surface area contributed by atoms with Crippen LogP contribution in [0.15, 0.2) is 12.4 Å². The first kappa shape index (κ1) is 11.0.